The summed E-state index contributed by atoms with van der Waals surface area (Å²) in [5.41, 5.74) is 2.16. The predicted octanol–water partition coefficient (Wildman–Crippen LogP) is 5.20. The van der Waals surface area contributed by atoms with Crippen molar-refractivity contribution in [3.05, 3.63) is 58.7 Å². The van der Waals surface area contributed by atoms with Gasteiger partial charge in [-0.3, -0.25) is 9.59 Å². The molecule has 0 aromatic heterocycles. The van der Waals surface area contributed by atoms with Crippen LogP contribution in [0.25, 0.3) is 5.76 Å². The van der Waals surface area contributed by atoms with Crippen molar-refractivity contribution < 1.29 is 28.9 Å². The molecule has 7 nitrogen and oxygen atoms in total. The first-order chi connectivity index (χ1) is 16.8. The van der Waals surface area contributed by atoms with E-state index in [4.69, 9.17) is 14.2 Å². The highest BCUT2D eigenvalue weighted by Crippen LogP contribution is 2.45. The lowest BCUT2D eigenvalue weighted by atomic mass is 9.92. The van der Waals surface area contributed by atoms with Gasteiger partial charge in [-0.05, 0) is 60.2 Å². The molecule has 0 spiro atoms. The number of likely N-dealkylation sites (tertiary alicyclic amines) is 1. The Morgan fingerprint density at radius 3 is 2.14 bits per heavy atom. The van der Waals surface area contributed by atoms with E-state index in [0.717, 1.165) is 31.2 Å². The molecule has 1 heterocycles. The van der Waals surface area contributed by atoms with Gasteiger partial charge in [-0.15, -0.1) is 0 Å². The maximum absolute atomic E-state index is 13.4. The van der Waals surface area contributed by atoms with Crippen LogP contribution in [0.2, 0.25) is 0 Å². The van der Waals surface area contributed by atoms with Crippen LogP contribution in [0.15, 0.2) is 42.0 Å². The van der Waals surface area contributed by atoms with E-state index in [1.54, 1.807) is 50.5 Å². The molecule has 1 N–H and O–H groups in total. The Morgan fingerprint density at radius 2 is 1.54 bits per heavy atom. The summed E-state index contributed by atoms with van der Waals surface area (Å²) in [6.07, 6.45) is 3.67. The van der Waals surface area contributed by atoms with Crippen molar-refractivity contribution in [2.45, 2.75) is 57.5 Å². The largest absolute Gasteiger partial charge is 0.507 e. The van der Waals surface area contributed by atoms with E-state index in [9.17, 15) is 14.7 Å². The minimum atomic E-state index is -0.720. The Kier molecular flexibility index (Phi) is 7.05. The monoisotopic (exact) mass is 479 g/mol. The van der Waals surface area contributed by atoms with Gasteiger partial charge >= 0.3 is 0 Å². The molecule has 1 atom stereocenters. The Bertz CT molecular complexity index is 1160. The van der Waals surface area contributed by atoms with Crippen LogP contribution in [0.1, 0.15) is 68.2 Å². The van der Waals surface area contributed by atoms with Crippen molar-refractivity contribution in [3.63, 3.8) is 0 Å². The summed E-state index contributed by atoms with van der Waals surface area (Å²) >= 11 is 0. The topological polar surface area (TPSA) is 85.3 Å². The fraction of sp³-hybridized carbons (Fsp3) is 0.429. The molecular weight excluding hydrogens is 446 g/mol. The fourth-order valence-corrected chi connectivity index (χ4v) is 5.25. The molecule has 1 aliphatic heterocycles. The Balaban J connectivity index is 1.91. The van der Waals surface area contributed by atoms with Gasteiger partial charge in [-0.1, -0.05) is 32.8 Å². The second-order valence-electron chi connectivity index (χ2n) is 9.37. The zero-order valence-electron chi connectivity index (χ0n) is 21.0. The third kappa shape index (κ3) is 4.35. The molecule has 35 heavy (non-hydrogen) atoms. The third-order valence-electron chi connectivity index (χ3n) is 7.05. The number of Topliss-reactive ketones (excluding diaryl/α,β-unsaturated/α-hetero) is 1. The lowest BCUT2D eigenvalue weighted by Gasteiger charge is -2.31. The Morgan fingerprint density at radius 1 is 0.914 bits per heavy atom. The van der Waals surface area contributed by atoms with Gasteiger partial charge in [-0.25, -0.2) is 0 Å². The van der Waals surface area contributed by atoms with Gasteiger partial charge in [0.25, 0.3) is 11.7 Å². The standard InChI is InChI=1S/C28H33NO6/c1-16(2)20-14-18(11-12-21(20)33-3)26(30)24-25(17-10-13-22(34-4)23(15-17)35-5)29(28(32)27(24)31)19-8-6-7-9-19/h10-16,19,25,30H,6-9H2,1-5H3/b26-24+. The van der Waals surface area contributed by atoms with Crippen molar-refractivity contribution in [1.82, 2.24) is 4.90 Å². The number of amides is 1. The van der Waals surface area contributed by atoms with E-state index in [1.165, 1.54) is 0 Å². The lowest BCUT2D eigenvalue weighted by Crippen LogP contribution is -2.37. The van der Waals surface area contributed by atoms with E-state index >= 15 is 0 Å². The van der Waals surface area contributed by atoms with Gasteiger partial charge < -0.3 is 24.2 Å². The van der Waals surface area contributed by atoms with Gasteiger partial charge in [0.2, 0.25) is 0 Å². The van der Waals surface area contributed by atoms with Crippen molar-refractivity contribution in [2.24, 2.45) is 0 Å². The number of methoxy groups -OCH3 is 3. The Labute approximate surface area is 206 Å². The highest BCUT2D eigenvalue weighted by Gasteiger charge is 2.49. The zero-order chi connectivity index (χ0) is 25.3. The molecule has 1 amide bonds. The van der Waals surface area contributed by atoms with E-state index in [1.807, 2.05) is 26.0 Å². The van der Waals surface area contributed by atoms with Crippen LogP contribution in [0.3, 0.4) is 0 Å². The summed E-state index contributed by atoms with van der Waals surface area (Å²) < 4.78 is 16.3. The first-order valence-corrected chi connectivity index (χ1v) is 12.0. The van der Waals surface area contributed by atoms with Crippen molar-refractivity contribution in [3.8, 4) is 17.2 Å². The smallest absolute Gasteiger partial charge is 0.295 e. The van der Waals surface area contributed by atoms with Crippen LogP contribution < -0.4 is 14.2 Å². The number of ether oxygens (including phenoxy) is 3. The van der Waals surface area contributed by atoms with Crippen LogP contribution in [0, 0.1) is 0 Å². The van der Waals surface area contributed by atoms with E-state index in [0.29, 0.717) is 28.4 Å². The normalized spacial score (nSPS) is 20.1. The third-order valence-corrected chi connectivity index (χ3v) is 7.05. The molecule has 2 aromatic rings. The van der Waals surface area contributed by atoms with Crippen LogP contribution in [0.4, 0.5) is 0 Å². The van der Waals surface area contributed by atoms with E-state index < -0.39 is 17.7 Å². The maximum atomic E-state index is 13.4. The number of nitrogens with zero attached hydrogens (tertiary/aromatic N) is 1. The highest BCUT2D eigenvalue weighted by atomic mass is 16.5. The molecule has 7 heteroatoms. The van der Waals surface area contributed by atoms with Gasteiger partial charge in [0.05, 0.1) is 32.9 Å². The molecular formula is C28H33NO6. The van der Waals surface area contributed by atoms with Gasteiger partial charge in [-0.2, -0.15) is 0 Å². The molecule has 0 radical (unpaired) electrons. The molecule has 1 aliphatic carbocycles. The number of ketones is 1. The van der Waals surface area contributed by atoms with Crippen LogP contribution >= 0.6 is 0 Å². The first-order valence-electron chi connectivity index (χ1n) is 12.0. The molecule has 1 saturated heterocycles. The van der Waals surface area contributed by atoms with Crippen LogP contribution in [-0.2, 0) is 9.59 Å². The average molecular weight is 480 g/mol. The summed E-state index contributed by atoms with van der Waals surface area (Å²) in [5, 5.41) is 11.5. The number of carbonyl (C=O) groups is 2. The number of hydrogen-bond acceptors (Lipinski definition) is 6. The van der Waals surface area contributed by atoms with Gasteiger partial charge in [0.15, 0.2) is 11.5 Å². The minimum absolute atomic E-state index is 0.0584. The quantitative estimate of drug-likeness (QED) is 0.334. The molecule has 0 bridgehead atoms. The number of rotatable bonds is 7. The summed E-state index contributed by atoms with van der Waals surface area (Å²) in [6.45, 7) is 4.06. The van der Waals surface area contributed by atoms with Crippen LogP contribution in [0.5, 0.6) is 17.2 Å². The molecule has 186 valence electrons. The lowest BCUT2D eigenvalue weighted by molar-refractivity contribution is -0.141. The van der Waals surface area contributed by atoms with Gasteiger partial charge in [0.1, 0.15) is 11.5 Å². The van der Waals surface area contributed by atoms with Crippen molar-refractivity contribution >= 4 is 17.4 Å². The Hall–Kier alpha value is -3.48. The molecule has 4 rings (SSSR count). The number of carbonyl (C=O) groups excluding carboxylic acids is 2. The second kappa shape index (κ2) is 10.0. The summed E-state index contributed by atoms with van der Waals surface area (Å²) in [5.74, 6) is 0.458. The average Bonchev–Trinajstić information content (AvgIpc) is 3.49. The molecule has 1 saturated carbocycles. The molecule has 1 unspecified atom stereocenters. The SMILES string of the molecule is COc1ccc(C2/C(=C(\O)c3ccc(OC)c(C(C)C)c3)C(=O)C(=O)N2C2CCCC2)cc1OC. The molecule has 2 aliphatic rings. The van der Waals surface area contributed by atoms with Crippen LogP contribution in [-0.4, -0.2) is 49.1 Å². The minimum Gasteiger partial charge on any atom is -0.507 e. The zero-order valence-corrected chi connectivity index (χ0v) is 21.0. The molecule has 2 aromatic carbocycles. The van der Waals surface area contributed by atoms with Gasteiger partial charge in [0, 0.05) is 11.6 Å². The fourth-order valence-electron chi connectivity index (χ4n) is 5.25. The number of aliphatic hydroxyl groups is 1. The van der Waals surface area contributed by atoms with Crippen molar-refractivity contribution in [1.29, 1.82) is 0 Å². The highest BCUT2D eigenvalue weighted by molar-refractivity contribution is 6.46. The number of aliphatic hydroxyl groups excluding tert-OH is 1. The van der Waals surface area contributed by atoms with Crippen molar-refractivity contribution in [2.75, 3.05) is 21.3 Å². The molecule has 2 fully saturated rings. The maximum Gasteiger partial charge on any atom is 0.295 e. The summed E-state index contributed by atoms with van der Waals surface area (Å²) in [6, 6.07) is 9.90. The summed E-state index contributed by atoms with van der Waals surface area (Å²) in [7, 11) is 4.70. The summed E-state index contributed by atoms with van der Waals surface area (Å²) in [4.78, 5) is 28.4. The predicted molar refractivity (Wildman–Crippen MR) is 133 cm³/mol. The van der Waals surface area contributed by atoms with E-state index in [-0.39, 0.29) is 23.3 Å². The number of benzene rings is 2. The van der Waals surface area contributed by atoms with E-state index in [2.05, 4.69) is 0 Å². The number of hydrogen-bond donors (Lipinski definition) is 1. The first kappa shape index (κ1) is 24.6. The second-order valence-corrected chi connectivity index (χ2v) is 9.37.